The van der Waals surface area contributed by atoms with Crippen LogP contribution in [0.1, 0.15) is 0 Å². The van der Waals surface area contributed by atoms with Crippen LogP contribution >= 0.6 is 15.9 Å². The Balaban J connectivity index is 2.05. The van der Waals surface area contributed by atoms with E-state index in [1.54, 1.807) is 19.4 Å². The minimum Gasteiger partial charge on any atom is -0.480 e. The van der Waals surface area contributed by atoms with Gasteiger partial charge >= 0.3 is 0 Å². The molecule has 0 radical (unpaired) electrons. The first-order chi connectivity index (χ1) is 9.79. The molecule has 3 rings (SSSR count). The van der Waals surface area contributed by atoms with E-state index < -0.39 is 0 Å². The highest BCUT2D eigenvalue weighted by Crippen LogP contribution is 2.25. The van der Waals surface area contributed by atoms with Crippen molar-refractivity contribution in [2.24, 2.45) is 0 Å². The fourth-order valence-electron chi connectivity index (χ4n) is 1.76. The van der Waals surface area contributed by atoms with Crippen molar-refractivity contribution in [3.8, 4) is 23.0 Å². The molecule has 20 heavy (non-hydrogen) atoms. The highest BCUT2D eigenvalue weighted by Gasteiger charge is 2.13. The number of aromatic nitrogens is 5. The van der Waals surface area contributed by atoms with Crippen molar-refractivity contribution in [2.75, 3.05) is 7.11 Å². The Bertz CT molecular complexity index is 743. The lowest BCUT2D eigenvalue weighted by molar-refractivity contribution is 0.399. The molecule has 2 heterocycles. The van der Waals surface area contributed by atoms with Gasteiger partial charge in [-0.3, -0.25) is 0 Å². The van der Waals surface area contributed by atoms with Gasteiger partial charge in [0, 0.05) is 10.7 Å². The van der Waals surface area contributed by atoms with E-state index in [9.17, 15) is 0 Å². The highest BCUT2D eigenvalue weighted by molar-refractivity contribution is 9.10. The van der Waals surface area contributed by atoms with Crippen molar-refractivity contribution in [2.45, 2.75) is 0 Å². The molecule has 0 saturated heterocycles. The fourth-order valence-corrected chi connectivity index (χ4v) is 2.21. The predicted octanol–water partition coefficient (Wildman–Crippen LogP) is 2.50. The molecule has 0 amide bonds. The summed E-state index contributed by atoms with van der Waals surface area (Å²) < 4.78 is 6.09. The number of para-hydroxylation sites is 1. The molecule has 0 aliphatic heterocycles. The van der Waals surface area contributed by atoms with Crippen LogP contribution in [-0.4, -0.2) is 32.3 Å². The summed E-state index contributed by atoms with van der Waals surface area (Å²) in [5.41, 5.74) is 1.52. The van der Waals surface area contributed by atoms with Gasteiger partial charge in [-0.2, -0.15) is 0 Å². The van der Waals surface area contributed by atoms with E-state index in [4.69, 9.17) is 4.74 Å². The fraction of sp³-hybridized carbons (Fsp3) is 0.0769. The van der Waals surface area contributed by atoms with Crippen molar-refractivity contribution in [1.82, 2.24) is 25.2 Å². The summed E-state index contributed by atoms with van der Waals surface area (Å²) in [6.07, 6.45) is 1.65. The average Bonchev–Trinajstić information content (AvgIpc) is 2.97. The lowest BCUT2D eigenvalue weighted by atomic mass is 10.2. The number of ether oxygens (including phenoxy) is 1. The number of methoxy groups -OCH3 is 1. The van der Waals surface area contributed by atoms with Crippen molar-refractivity contribution < 1.29 is 4.74 Å². The maximum atomic E-state index is 5.20. The molecule has 3 aromatic rings. The van der Waals surface area contributed by atoms with Crippen LogP contribution in [0.4, 0.5) is 0 Å². The third-order valence-electron chi connectivity index (χ3n) is 2.69. The summed E-state index contributed by atoms with van der Waals surface area (Å²) in [5, 5.41) is 12.5. The minimum absolute atomic E-state index is 0.464. The smallest absolute Gasteiger partial charge is 0.224 e. The zero-order valence-electron chi connectivity index (χ0n) is 10.6. The maximum absolute atomic E-state index is 5.20. The van der Waals surface area contributed by atoms with Crippen LogP contribution in [0.3, 0.4) is 0 Å². The molecule has 0 bridgehead atoms. The third kappa shape index (κ3) is 2.27. The summed E-state index contributed by atoms with van der Waals surface area (Å²) in [6, 6.07) is 11.3. The Labute approximate surface area is 123 Å². The Morgan fingerprint density at radius 1 is 1.15 bits per heavy atom. The lowest BCUT2D eigenvalue weighted by Gasteiger charge is -2.02. The van der Waals surface area contributed by atoms with Gasteiger partial charge < -0.3 is 4.74 Å². The molecule has 0 unspecified atom stereocenters. The topological polar surface area (TPSA) is 65.7 Å². The molecule has 0 spiro atoms. The van der Waals surface area contributed by atoms with Crippen molar-refractivity contribution in [1.29, 1.82) is 0 Å². The van der Waals surface area contributed by atoms with Gasteiger partial charge in [0.15, 0.2) is 0 Å². The van der Waals surface area contributed by atoms with E-state index >= 15 is 0 Å². The van der Waals surface area contributed by atoms with E-state index in [2.05, 4.69) is 36.3 Å². The van der Waals surface area contributed by atoms with Crippen LogP contribution in [0, 0.1) is 0 Å². The van der Waals surface area contributed by atoms with Crippen molar-refractivity contribution >= 4 is 15.9 Å². The maximum Gasteiger partial charge on any atom is 0.224 e. The van der Waals surface area contributed by atoms with Gasteiger partial charge in [-0.05, 0) is 45.4 Å². The average molecular weight is 332 g/mol. The second kappa shape index (κ2) is 5.38. The Morgan fingerprint density at radius 3 is 2.80 bits per heavy atom. The van der Waals surface area contributed by atoms with Gasteiger partial charge in [0.2, 0.25) is 11.7 Å². The molecule has 0 saturated carbocycles. The molecule has 0 atom stereocenters. The van der Waals surface area contributed by atoms with Crippen molar-refractivity contribution in [3.05, 3.63) is 47.1 Å². The van der Waals surface area contributed by atoms with Gasteiger partial charge in [-0.25, -0.2) is 4.98 Å². The van der Waals surface area contributed by atoms with Crippen LogP contribution in [0.25, 0.3) is 17.1 Å². The van der Waals surface area contributed by atoms with Gasteiger partial charge in [-0.15, -0.1) is 15.0 Å². The molecular formula is C13H10BrN5O. The third-order valence-corrected chi connectivity index (χ3v) is 3.36. The first kappa shape index (κ1) is 12.7. The first-order valence-corrected chi connectivity index (χ1v) is 6.63. The number of tetrazole rings is 1. The lowest BCUT2D eigenvalue weighted by Crippen LogP contribution is -2.00. The monoisotopic (exact) mass is 331 g/mol. The van der Waals surface area contributed by atoms with Crippen LogP contribution in [-0.2, 0) is 0 Å². The molecule has 7 heteroatoms. The molecule has 1 aromatic carbocycles. The molecule has 6 nitrogen and oxygen atoms in total. The Hall–Kier alpha value is -2.28. The highest BCUT2D eigenvalue weighted by atomic mass is 79.9. The molecular weight excluding hydrogens is 322 g/mol. The number of benzene rings is 1. The second-order valence-electron chi connectivity index (χ2n) is 3.91. The summed E-state index contributed by atoms with van der Waals surface area (Å²) in [7, 11) is 1.56. The standard InChI is InChI=1S/C13H10BrN5O/c1-20-13-9(5-4-8-15-13)12-16-18-19(17-12)11-7-3-2-6-10(11)14/h2-8H,1H3. The largest absolute Gasteiger partial charge is 0.480 e. The van der Waals surface area contributed by atoms with E-state index in [0.29, 0.717) is 17.3 Å². The second-order valence-corrected chi connectivity index (χ2v) is 4.77. The summed E-state index contributed by atoms with van der Waals surface area (Å²) in [5.74, 6) is 0.935. The number of nitrogens with zero attached hydrogens (tertiary/aromatic N) is 5. The Kier molecular flexibility index (Phi) is 3.42. The van der Waals surface area contributed by atoms with Crippen molar-refractivity contribution in [3.63, 3.8) is 0 Å². The quantitative estimate of drug-likeness (QED) is 0.737. The first-order valence-electron chi connectivity index (χ1n) is 5.84. The van der Waals surface area contributed by atoms with Gasteiger partial charge in [-0.1, -0.05) is 12.1 Å². The summed E-state index contributed by atoms with van der Waals surface area (Å²) in [6.45, 7) is 0. The summed E-state index contributed by atoms with van der Waals surface area (Å²) in [4.78, 5) is 5.59. The molecule has 100 valence electrons. The molecule has 0 fully saturated rings. The zero-order valence-corrected chi connectivity index (χ0v) is 12.1. The zero-order chi connectivity index (χ0) is 13.9. The predicted molar refractivity (Wildman–Crippen MR) is 76.6 cm³/mol. The number of hydrogen-bond acceptors (Lipinski definition) is 5. The molecule has 0 N–H and O–H groups in total. The van der Waals surface area contributed by atoms with Crippen LogP contribution in [0.15, 0.2) is 47.1 Å². The normalized spacial score (nSPS) is 10.5. The van der Waals surface area contributed by atoms with E-state index in [1.807, 2.05) is 30.3 Å². The number of rotatable bonds is 3. The minimum atomic E-state index is 0.464. The Morgan fingerprint density at radius 2 is 2.00 bits per heavy atom. The van der Waals surface area contributed by atoms with E-state index in [0.717, 1.165) is 10.2 Å². The van der Waals surface area contributed by atoms with Gasteiger partial charge in [0.25, 0.3) is 0 Å². The van der Waals surface area contributed by atoms with E-state index in [-0.39, 0.29) is 0 Å². The van der Waals surface area contributed by atoms with Crippen LogP contribution < -0.4 is 4.74 Å². The van der Waals surface area contributed by atoms with Crippen LogP contribution in [0.2, 0.25) is 0 Å². The number of hydrogen-bond donors (Lipinski definition) is 0. The molecule has 0 aliphatic carbocycles. The van der Waals surface area contributed by atoms with Gasteiger partial charge in [0.1, 0.15) is 5.69 Å². The summed E-state index contributed by atoms with van der Waals surface area (Å²) >= 11 is 3.46. The van der Waals surface area contributed by atoms with Crippen LogP contribution in [0.5, 0.6) is 5.88 Å². The number of halogens is 1. The number of pyridine rings is 1. The SMILES string of the molecule is COc1ncccc1-c1nnn(-c2ccccc2Br)n1. The van der Waals surface area contributed by atoms with Gasteiger partial charge in [0.05, 0.1) is 12.7 Å². The van der Waals surface area contributed by atoms with E-state index in [1.165, 1.54) is 4.80 Å². The molecule has 0 aliphatic rings. The molecule has 2 aromatic heterocycles.